The summed E-state index contributed by atoms with van der Waals surface area (Å²) in [5.74, 6) is -0.884. The minimum Gasteiger partial charge on any atom is -0.486 e. The van der Waals surface area contributed by atoms with Crippen molar-refractivity contribution in [2.24, 2.45) is 0 Å². The minimum absolute atomic E-state index is 0.0299. The maximum Gasteiger partial charge on any atom is 0.264 e. The number of para-hydroxylation sites is 1. The number of halogens is 1. The van der Waals surface area contributed by atoms with Crippen LogP contribution in [0.15, 0.2) is 71.6 Å². The van der Waals surface area contributed by atoms with Gasteiger partial charge in [-0.1, -0.05) is 18.2 Å². The molecule has 0 saturated carbocycles. The van der Waals surface area contributed by atoms with Gasteiger partial charge in [0.1, 0.15) is 25.6 Å². The SMILES string of the molecule is O=C(CN(c1cccc(F)c1)S(=O)(=O)c1ccc2c(c1)OCCO2)Nc1ccccc1C(=O)N1CCCCC1. The molecule has 3 aromatic rings. The number of hydrogen-bond donors (Lipinski definition) is 1. The van der Waals surface area contributed by atoms with Crippen molar-refractivity contribution in [1.29, 1.82) is 0 Å². The summed E-state index contributed by atoms with van der Waals surface area (Å²) in [5, 5.41) is 2.69. The van der Waals surface area contributed by atoms with E-state index in [2.05, 4.69) is 5.32 Å². The Balaban J connectivity index is 1.43. The second-order valence-corrected chi connectivity index (χ2v) is 11.1. The summed E-state index contributed by atoms with van der Waals surface area (Å²) >= 11 is 0. The highest BCUT2D eigenvalue weighted by Crippen LogP contribution is 2.34. The number of fused-ring (bicyclic) bond motifs is 1. The van der Waals surface area contributed by atoms with E-state index in [-0.39, 0.29) is 34.5 Å². The zero-order valence-electron chi connectivity index (χ0n) is 21.1. The molecule has 204 valence electrons. The number of carbonyl (C=O) groups is 2. The second-order valence-electron chi connectivity index (χ2n) is 9.24. The zero-order valence-corrected chi connectivity index (χ0v) is 22.0. The fourth-order valence-electron chi connectivity index (χ4n) is 4.62. The van der Waals surface area contributed by atoms with Gasteiger partial charge < -0.3 is 19.7 Å². The Bertz CT molecular complexity index is 1490. The number of rotatable bonds is 7. The monoisotopic (exact) mass is 553 g/mol. The number of benzene rings is 3. The van der Waals surface area contributed by atoms with E-state index in [1.54, 1.807) is 29.2 Å². The van der Waals surface area contributed by atoms with Crippen molar-refractivity contribution in [2.75, 3.05) is 42.5 Å². The fourth-order valence-corrected chi connectivity index (χ4v) is 6.05. The summed E-state index contributed by atoms with van der Waals surface area (Å²) < 4.78 is 53.5. The number of ether oxygens (including phenoxy) is 2. The molecule has 1 fully saturated rings. The number of amides is 2. The van der Waals surface area contributed by atoms with Crippen LogP contribution in [0.4, 0.5) is 15.8 Å². The first-order valence-corrected chi connectivity index (χ1v) is 14.1. The number of nitrogens with one attached hydrogen (secondary N) is 1. The van der Waals surface area contributed by atoms with Crippen LogP contribution in [0.2, 0.25) is 0 Å². The largest absolute Gasteiger partial charge is 0.486 e. The van der Waals surface area contributed by atoms with Crippen LogP contribution < -0.4 is 19.1 Å². The van der Waals surface area contributed by atoms with E-state index in [9.17, 15) is 22.4 Å². The number of piperidine rings is 1. The molecule has 39 heavy (non-hydrogen) atoms. The van der Waals surface area contributed by atoms with Crippen molar-refractivity contribution in [2.45, 2.75) is 24.2 Å². The van der Waals surface area contributed by atoms with Gasteiger partial charge in [0.05, 0.1) is 21.8 Å². The molecule has 1 N–H and O–H groups in total. The predicted octanol–water partition coefficient (Wildman–Crippen LogP) is 4.06. The molecular weight excluding hydrogens is 525 g/mol. The second kappa shape index (κ2) is 11.3. The lowest BCUT2D eigenvalue weighted by molar-refractivity contribution is -0.114. The molecule has 0 radical (unpaired) electrons. The first-order valence-electron chi connectivity index (χ1n) is 12.7. The summed E-state index contributed by atoms with van der Waals surface area (Å²) in [6.45, 7) is 1.23. The van der Waals surface area contributed by atoms with Gasteiger partial charge in [0, 0.05) is 19.2 Å². The number of carbonyl (C=O) groups excluding carboxylic acids is 2. The van der Waals surface area contributed by atoms with Crippen LogP contribution in [0.1, 0.15) is 29.6 Å². The van der Waals surface area contributed by atoms with E-state index in [1.807, 2.05) is 0 Å². The quantitative estimate of drug-likeness (QED) is 0.473. The van der Waals surface area contributed by atoms with Crippen LogP contribution in [0.3, 0.4) is 0 Å². The van der Waals surface area contributed by atoms with Gasteiger partial charge >= 0.3 is 0 Å². The van der Waals surface area contributed by atoms with Crippen LogP contribution in [0.25, 0.3) is 0 Å². The topological polar surface area (TPSA) is 105 Å². The highest BCUT2D eigenvalue weighted by molar-refractivity contribution is 7.92. The molecule has 2 heterocycles. The number of likely N-dealkylation sites (tertiary alicyclic amines) is 1. The average Bonchev–Trinajstić information content (AvgIpc) is 2.96. The molecule has 2 aliphatic rings. The zero-order chi connectivity index (χ0) is 27.4. The van der Waals surface area contributed by atoms with Crippen molar-refractivity contribution >= 4 is 33.2 Å². The van der Waals surface area contributed by atoms with Crippen molar-refractivity contribution in [3.8, 4) is 11.5 Å². The van der Waals surface area contributed by atoms with Crippen molar-refractivity contribution < 1.29 is 31.9 Å². The van der Waals surface area contributed by atoms with E-state index in [1.165, 1.54) is 36.4 Å². The molecule has 2 amide bonds. The molecule has 0 bridgehead atoms. The molecule has 0 spiro atoms. The molecule has 0 aromatic heterocycles. The standard InChI is InChI=1S/C28H28FN3O6S/c29-20-7-6-8-21(17-20)32(39(35,36)22-11-12-25-26(18-22)38-16-15-37-25)19-27(33)30-24-10-3-2-9-23(24)28(34)31-13-4-1-5-14-31/h2-3,6-12,17-18H,1,4-5,13-16,19H2,(H,30,33). The van der Waals surface area contributed by atoms with E-state index in [4.69, 9.17) is 9.47 Å². The van der Waals surface area contributed by atoms with Crippen LogP contribution in [0, 0.1) is 5.82 Å². The van der Waals surface area contributed by atoms with Gasteiger partial charge in [0.25, 0.3) is 15.9 Å². The van der Waals surface area contributed by atoms with Crippen LogP contribution >= 0.6 is 0 Å². The molecule has 2 aliphatic heterocycles. The smallest absolute Gasteiger partial charge is 0.264 e. The lowest BCUT2D eigenvalue weighted by Crippen LogP contribution is -2.39. The molecule has 5 rings (SSSR count). The summed E-state index contributed by atoms with van der Waals surface area (Å²) in [4.78, 5) is 28.0. The lowest BCUT2D eigenvalue weighted by Gasteiger charge is -2.28. The fraction of sp³-hybridized carbons (Fsp3) is 0.286. The molecule has 11 heteroatoms. The van der Waals surface area contributed by atoms with E-state index in [0.29, 0.717) is 31.0 Å². The Hall–Kier alpha value is -4.12. The van der Waals surface area contributed by atoms with Gasteiger partial charge in [-0.3, -0.25) is 13.9 Å². The minimum atomic E-state index is -4.34. The van der Waals surface area contributed by atoms with Crippen molar-refractivity contribution in [3.63, 3.8) is 0 Å². The molecule has 3 aromatic carbocycles. The molecule has 9 nitrogen and oxygen atoms in total. The van der Waals surface area contributed by atoms with Gasteiger partial charge in [0.15, 0.2) is 11.5 Å². The van der Waals surface area contributed by atoms with E-state index < -0.39 is 28.3 Å². The Kier molecular flexibility index (Phi) is 7.69. The Morgan fingerprint density at radius 3 is 2.41 bits per heavy atom. The van der Waals surface area contributed by atoms with Crippen LogP contribution in [-0.2, 0) is 14.8 Å². The third-order valence-electron chi connectivity index (χ3n) is 6.56. The predicted molar refractivity (Wildman–Crippen MR) is 143 cm³/mol. The summed E-state index contributed by atoms with van der Waals surface area (Å²) in [5.41, 5.74) is 0.562. The average molecular weight is 554 g/mol. The Labute approximate surface area is 226 Å². The van der Waals surface area contributed by atoms with Gasteiger partial charge in [-0.25, -0.2) is 12.8 Å². The third-order valence-corrected chi connectivity index (χ3v) is 8.33. The maximum atomic E-state index is 14.1. The highest BCUT2D eigenvalue weighted by atomic mass is 32.2. The molecule has 0 aliphatic carbocycles. The maximum absolute atomic E-state index is 14.1. The first kappa shape index (κ1) is 26.5. The Morgan fingerprint density at radius 1 is 0.897 bits per heavy atom. The van der Waals surface area contributed by atoms with E-state index >= 15 is 0 Å². The third kappa shape index (κ3) is 5.83. The molecule has 0 unspecified atom stereocenters. The first-order chi connectivity index (χ1) is 18.8. The molecule has 1 saturated heterocycles. The summed E-state index contributed by atoms with van der Waals surface area (Å²) in [7, 11) is -4.34. The van der Waals surface area contributed by atoms with Crippen LogP contribution in [0.5, 0.6) is 11.5 Å². The Morgan fingerprint density at radius 2 is 1.64 bits per heavy atom. The van der Waals surface area contributed by atoms with Crippen molar-refractivity contribution in [1.82, 2.24) is 4.90 Å². The lowest BCUT2D eigenvalue weighted by atomic mass is 10.1. The van der Waals surface area contributed by atoms with E-state index in [0.717, 1.165) is 29.6 Å². The van der Waals surface area contributed by atoms with Gasteiger partial charge in [-0.15, -0.1) is 0 Å². The van der Waals surface area contributed by atoms with Gasteiger partial charge in [-0.2, -0.15) is 0 Å². The number of sulfonamides is 1. The van der Waals surface area contributed by atoms with Crippen molar-refractivity contribution in [3.05, 3.63) is 78.1 Å². The molecule has 0 atom stereocenters. The highest BCUT2D eigenvalue weighted by Gasteiger charge is 2.30. The normalized spacial score (nSPS) is 14.9. The van der Waals surface area contributed by atoms with Gasteiger partial charge in [-0.05, 0) is 61.7 Å². The molecular formula is C28H28FN3O6S. The summed E-state index contributed by atoms with van der Waals surface area (Å²) in [6.07, 6.45) is 2.90. The summed E-state index contributed by atoms with van der Waals surface area (Å²) in [6, 6.07) is 15.7. The number of anilines is 2. The van der Waals surface area contributed by atoms with Crippen LogP contribution in [-0.4, -0.2) is 58.0 Å². The number of nitrogens with zero attached hydrogens (tertiary/aromatic N) is 2. The number of hydrogen-bond acceptors (Lipinski definition) is 6. The van der Waals surface area contributed by atoms with Gasteiger partial charge in [0.2, 0.25) is 5.91 Å².